The van der Waals surface area contributed by atoms with Gasteiger partial charge >= 0.3 is 69.5 Å². The number of carbonyl (C=O) groups excluding carboxylic acids is 2. The van der Waals surface area contributed by atoms with Crippen LogP contribution in [0.5, 0.6) is 0 Å². The molecule has 0 spiro atoms. The molecular formula is C17H12N4Na2O12S3. The van der Waals surface area contributed by atoms with Gasteiger partial charge in [0.25, 0.3) is 5.91 Å². The van der Waals surface area contributed by atoms with Crippen LogP contribution in [0.1, 0.15) is 0 Å². The summed E-state index contributed by atoms with van der Waals surface area (Å²) in [6.07, 6.45) is 0. The topological polar surface area (TPSA) is 252 Å². The van der Waals surface area contributed by atoms with E-state index in [9.17, 15) is 44.5 Å². The fourth-order valence-electron chi connectivity index (χ4n) is 2.68. The normalized spacial score (nSPS) is 16.1. The number of azo groups is 1. The first-order valence-corrected chi connectivity index (χ1v) is 13.6. The fourth-order valence-corrected chi connectivity index (χ4v) is 4.83. The van der Waals surface area contributed by atoms with Crippen LogP contribution in [0.3, 0.4) is 0 Å². The molecule has 0 aromatic heterocycles. The zero-order chi connectivity index (χ0) is 26.9. The second-order valence-corrected chi connectivity index (χ2v) is 11.2. The van der Waals surface area contributed by atoms with Gasteiger partial charge in [-0.15, -0.1) is 0 Å². The molecule has 0 fully saturated rings. The number of rotatable bonds is 9. The first-order valence-electron chi connectivity index (χ1n) is 9.14. The van der Waals surface area contributed by atoms with Gasteiger partial charge in [-0.2, -0.15) is 28.8 Å². The van der Waals surface area contributed by atoms with Gasteiger partial charge in [0.15, 0.2) is 12.0 Å². The second kappa shape index (κ2) is 13.2. The van der Waals surface area contributed by atoms with Crippen molar-refractivity contribution in [2.24, 2.45) is 15.3 Å². The Morgan fingerprint density at radius 2 is 1.50 bits per heavy atom. The predicted molar refractivity (Wildman–Crippen MR) is 114 cm³/mol. The number of carboxylic acids is 1. The van der Waals surface area contributed by atoms with Crippen molar-refractivity contribution in [1.82, 2.24) is 0 Å². The van der Waals surface area contributed by atoms with Crippen molar-refractivity contribution in [1.29, 1.82) is 0 Å². The molecule has 1 atom stereocenters. The summed E-state index contributed by atoms with van der Waals surface area (Å²) < 4.78 is 90.6. The molecular weight excluding hydrogens is 594 g/mol. The summed E-state index contributed by atoms with van der Waals surface area (Å²) in [4.78, 5) is 23.1. The molecule has 3 rings (SSSR count). The summed E-state index contributed by atoms with van der Waals surface area (Å²) in [5.41, 5.74) is -0.949. The summed E-state index contributed by atoms with van der Waals surface area (Å²) in [7, 11) is -14.0. The summed E-state index contributed by atoms with van der Waals surface area (Å²) in [5.74, 6) is -4.22. The Balaban J connectivity index is 0.00000361. The van der Waals surface area contributed by atoms with Crippen LogP contribution in [0.4, 0.5) is 11.4 Å². The maximum absolute atomic E-state index is 12.7. The molecule has 1 unspecified atom stereocenters. The zero-order valence-electron chi connectivity index (χ0n) is 19.4. The van der Waals surface area contributed by atoms with Gasteiger partial charge in [0.2, 0.25) is 9.84 Å². The van der Waals surface area contributed by atoms with Crippen LogP contribution < -0.4 is 69.2 Å². The van der Waals surface area contributed by atoms with Crippen molar-refractivity contribution in [2.75, 3.05) is 10.9 Å². The zero-order valence-corrected chi connectivity index (χ0v) is 25.8. The molecule has 38 heavy (non-hydrogen) atoms. The Hall–Kier alpha value is -1.62. The molecule has 2 aromatic carbocycles. The number of aliphatic carboxylic acids is 1. The summed E-state index contributed by atoms with van der Waals surface area (Å²) >= 11 is 0. The van der Waals surface area contributed by atoms with Crippen molar-refractivity contribution in [2.45, 2.75) is 15.8 Å². The van der Waals surface area contributed by atoms with Crippen molar-refractivity contribution in [3.8, 4) is 0 Å². The molecule has 16 nitrogen and oxygen atoms in total. The molecule has 1 heterocycles. The van der Waals surface area contributed by atoms with E-state index in [0.717, 1.165) is 48.5 Å². The minimum Gasteiger partial charge on any atom is -0.744 e. The third kappa shape index (κ3) is 8.69. The van der Waals surface area contributed by atoms with E-state index in [0.29, 0.717) is 5.01 Å². The molecule has 0 radical (unpaired) electrons. The average Bonchev–Trinajstić information content (AvgIpc) is 3.12. The third-order valence-electron chi connectivity index (χ3n) is 4.33. The van der Waals surface area contributed by atoms with E-state index >= 15 is 0 Å². The number of carbonyl (C=O) groups is 2. The number of carboxylic acid groups (broad SMARTS) is 1. The first kappa shape index (κ1) is 34.4. The smallest absolute Gasteiger partial charge is 0.744 e. The van der Waals surface area contributed by atoms with Crippen LogP contribution in [-0.2, 0) is 44.1 Å². The second-order valence-electron chi connectivity index (χ2n) is 6.76. The van der Waals surface area contributed by atoms with E-state index < -0.39 is 69.7 Å². The van der Waals surface area contributed by atoms with Gasteiger partial charge in [0.1, 0.15) is 15.8 Å². The Morgan fingerprint density at radius 3 is 1.97 bits per heavy atom. The molecule has 2 aromatic rings. The quantitative estimate of drug-likeness (QED) is 0.159. The number of nitrogens with zero attached hydrogens (tertiary/aromatic N) is 4. The van der Waals surface area contributed by atoms with Crippen LogP contribution in [0.15, 0.2) is 73.7 Å². The van der Waals surface area contributed by atoms with Crippen LogP contribution in [0, 0.1) is 0 Å². The van der Waals surface area contributed by atoms with Crippen LogP contribution in [0.25, 0.3) is 0 Å². The Morgan fingerprint density at radius 1 is 0.974 bits per heavy atom. The minimum absolute atomic E-state index is 0. The molecule has 0 saturated heterocycles. The van der Waals surface area contributed by atoms with Gasteiger partial charge in [-0.3, -0.25) is 9.35 Å². The number of hydrogen-bond acceptors (Lipinski definition) is 14. The van der Waals surface area contributed by atoms with Crippen LogP contribution >= 0.6 is 0 Å². The fraction of sp³-hybridized carbons (Fsp3) is 0.118. The molecule has 1 amide bonds. The van der Waals surface area contributed by atoms with E-state index in [1.165, 1.54) is 0 Å². The Labute approximate surface area is 260 Å². The molecule has 192 valence electrons. The first-order chi connectivity index (χ1) is 16.6. The molecule has 0 saturated carbocycles. The number of anilines is 1. The molecule has 0 aliphatic carbocycles. The molecule has 0 bridgehead atoms. The number of sulfone groups is 1. The predicted octanol–water partition coefficient (Wildman–Crippen LogP) is -7.25. The number of hydrogen-bond donors (Lipinski definition) is 1. The van der Waals surface area contributed by atoms with E-state index in [4.69, 9.17) is 4.55 Å². The van der Waals surface area contributed by atoms with Crippen LogP contribution in [-0.4, -0.2) is 63.9 Å². The molecule has 1 aliphatic heterocycles. The van der Waals surface area contributed by atoms with Crippen molar-refractivity contribution in [3.63, 3.8) is 0 Å². The van der Waals surface area contributed by atoms with Gasteiger partial charge < -0.3 is 14.5 Å². The van der Waals surface area contributed by atoms with E-state index in [-0.39, 0.29) is 70.5 Å². The summed E-state index contributed by atoms with van der Waals surface area (Å²) in [5, 5.41) is 22.9. The Kier molecular flexibility index (Phi) is 11.9. The van der Waals surface area contributed by atoms with Crippen molar-refractivity contribution in [3.05, 3.63) is 48.5 Å². The van der Waals surface area contributed by atoms with E-state index in [2.05, 4.69) is 19.5 Å². The standard InChI is InChI=1S/C17H14N4O12S3.2Na/c22-16-14(15(17(23)24)20-21(16)11-3-7-13(8-4-11)35(27,28)29)19-18-10-1-5-12(6-2-10)34(25,26)9-33-36(30,31)32;;/h1-8,14H,9H2,(H,23,24)(H,27,28,29)(H,30,31,32);;/q;2*+1/p-2. The third-order valence-corrected chi connectivity index (χ3v) is 7.16. The maximum Gasteiger partial charge on any atom is 1.00 e. The SMILES string of the molecule is O=C([O-])C1=NN(c2ccc(S(=O)(=O)[O-])cc2)C(=O)C1N=Nc1ccc(S(=O)(=O)COS(=O)(=O)O)cc1.[Na+].[Na+]. The van der Waals surface area contributed by atoms with Gasteiger partial charge in [0, 0.05) is 0 Å². The van der Waals surface area contributed by atoms with Gasteiger partial charge in [-0.05, 0) is 48.5 Å². The monoisotopic (exact) mass is 606 g/mol. The number of amides is 1. The summed E-state index contributed by atoms with van der Waals surface area (Å²) in [6, 6.07) is 6.27. The Bertz CT molecular complexity index is 1590. The summed E-state index contributed by atoms with van der Waals surface area (Å²) in [6.45, 7) is 0. The molecule has 1 N–H and O–H groups in total. The number of benzene rings is 2. The van der Waals surface area contributed by atoms with Crippen molar-refractivity contribution < 1.29 is 112 Å². The van der Waals surface area contributed by atoms with E-state index in [1.807, 2.05) is 0 Å². The van der Waals surface area contributed by atoms with E-state index in [1.54, 1.807) is 0 Å². The average molecular weight is 606 g/mol. The molecule has 21 heteroatoms. The van der Waals surface area contributed by atoms with Crippen molar-refractivity contribution >= 4 is 59.3 Å². The largest absolute Gasteiger partial charge is 1.00 e. The maximum atomic E-state index is 12.7. The minimum atomic E-state index is -5.00. The molecule has 1 aliphatic rings. The van der Waals surface area contributed by atoms with Crippen LogP contribution in [0.2, 0.25) is 0 Å². The van der Waals surface area contributed by atoms with Gasteiger partial charge in [0.05, 0.1) is 27.1 Å². The van der Waals surface area contributed by atoms with Gasteiger partial charge in [-0.1, -0.05) is 0 Å². The number of hydrazone groups is 1. The van der Waals surface area contributed by atoms with Gasteiger partial charge in [-0.25, -0.2) is 21.0 Å².